The van der Waals surface area contributed by atoms with Crippen LogP contribution in [0.5, 0.6) is 0 Å². The maximum Gasteiger partial charge on any atom is 0.334 e. The number of carbonyl (C=O) groups is 4. The highest BCUT2D eigenvalue weighted by Crippen LogP contribution is 2.12. The molecular weight excluding hydrogens is 300 g/mol. The first-order valence-corrected chi connectivity index (χ1v) is 6.55. The van der Waals surface area contributed by atoms with E-state index in [1.807, 2.05) is 6.92 Å². The van der Waals surface area contributed by atoms with Gasteiger partial charge in [-0.3, -0.25) is 19.3 Å². The van der Waals surface area contributed by atoms with Gasteiger partial charge in [0, 0.05) is 19.6 Å². The summed E-state index contributed by atoms with van der Waals surface area (Å²) >= 11 is 0. The molecule has 0 aromatic carbocycles. The van der Waals surface area contributed by atoms with Crippen LogP contribution in [-0.4, -0.2) is 66.3 Å². The van der Waals surface area contributed by atoms with Crippen LogP contribution in [0.1, 0.15) is 13.3 Å². The van der Waals surface area contributed by atoms with Gasteiger partial charge in [0.25, 0.3) is 0 Å². The number of hydrogen-bond acceptors (Lipinski definition) is 5. The number of amides is 5. The van der Waals surface area contributed by atoms with Gasteiger partial charge in [-0.15, -0.1) is 12.4 Å². The topological polar surface area (TPSA) is 98.8 Å². The lowest BCUT2D eigenvalue weighted by Gasteiger charge is -2.30. The minimum Gasteiger partial charge on any atom is -0.350 e. The van der Waals surface area contributed by atoms with Gasteiger partial charge in [-0.05, 0) is 18.9 Å². The molecule has 0 aromatic heterocycles. The number of halogens is 1. The fourth-order valence-electron chi connectivity index (χ4n) is 2.33. The number of nitrogens with zero attached hydrogens (tertiary/aromatic N) is 2. The van der Waals surface area contributed by atoms with Crippen molar-refractivity contribution in [2.45, 2.75) is 19.4 Å². The van der Waals surface area contributed by atoms with Crippen LogP contribution in [-0.2, 0) is 14.4 Å². The van der Waals surface area contributed by atoms with Gasteiger partial charge in [-0.2, -0.15) is 0 Å². The van der Waals surface area contributed by atoms with Crippen LogP contribution in [0, 0.1) is 5.92 Å². The minimum atomic E-state index is -0.956. The number of carbonyl (C=O) groups excluding carboxylic acids is 4. The van der Waals surface area contributed by atoms with Gasteiger partial charge in [0.2, 0.25) is 5.91 Å². The standard InChI is InChI=1S/C12H18N4O4.ClH/c1-7-3-4-13-5-8(7)14-9(17)6-16-11(19)10(18)15(2)12(16)20;/h7-8,13H,3-6H2,1-2H3,(H,14,17);1H. The Morgan fingerprint density at radius 1 is 1.33 bits per heavy atom. The van der Waals surface area contributed by atoms with Crippen molar-refractivity contribution >= 4 is 36.2 Å². The highest BCUT2D eigenvalue weighted by molar-refractivity contribution is 6.44. The van der Waals surface area contributed by atoms with E-state index < -0.39 is 30.3 Å². The zero-order valence-electron chi connectivity index (χ0n) is 11.9. The van der Waals surface area contributed by atoms with Crippen molar-refractivity contribution in [2.75, 3.05) is 26.7 Å². The molecule has 0 aromatic rings. The maximum atomic E-state index is 11.9. The summed E-state index contributed by atoms with van der Waals surface area (Å²) in [5, 5.41) is 5.96. The lowest BCUT2D eigenvalue weighted by atomic mass is 9.95. The first-order chi connectivity index (χ1) is 9.41. The highest BCUT2D eigenvalue weighted by atomic mass is 35.5. The Kier molecular flexibility index (Phi) is 5.68. The van der Waals surface area contributed by atoms with E-state index in [-0.39, 0.29) is 18.4 Å². The molecule has 2 saturated heterocycles. The van der Waals surface area contributed by atoms with Gasteiger partial charge < -0.3 is 10.6 Å². The third-order valence-electron chi connectivity index (χ3n) is 3.73. The number of piperidine rings is 1. The summed E-state index contributed by atoms with van der Waals surface area (Å²) in [5.74, 6) is -1.97. The van der Waals surface area contributed by atoms with E-state index in [2.05, 4.69) is 10.6 Å². The van der Waals surface area contributed by atoms with Crippen molar-refractivity contribution in [2.24, 2.45) is 5.92 Å². The molecular formula is C12H19ClN4O4. The molecule has 2 rings (SSSR count). The summed E-state index contributed by atoms with van der Waals surface area (Å²) < 4.78 is 0. The Balaban J connectivity index is 0.00000220. The summed E-state index contributed by atoms with van der Waals surface area (Å²) in [4.78, 5) is 47.8. The molecule has 2 heterocycles. The first-order valence-electron chi connectivity index (χ1n) is 6.55. The van der Waals surface area contributed by atoms with E-state index >= 15 is 0 Å². The van der Waals surface area contributed by atoms with Crippen molar-refractivity contribution < 1.29 is 19.2 Å². The van der Waals surface area contributed by atoms with Gasteiger partial charge in [-0.25, -0.2) is 9.69 Å². The van der Waals surface area contributed by atoms with Gasteiger partial charge in [0.1, 0.15) is 6.54 Å². The number of imide groups is 2. The second-order valence-electron chi connectivity index (χ2n) is 5.18. The normalized spacial score (nSPS) is 25.9. The minimum absolute atomic E-state index is 0. The van der Waals surface area contributed by atoms with Crippen LogP contribution < -0.4 is 10.6 Å². The molecule has 2 unspecified atom stereocenters. The monoisotopic (exact) mass is 318 g/mol. The summed E-state index contributed by atoms with van der Waals surface area (Å²) in [7, 11) is 1.22. The predicted molar refractivity (Wildman–Crippen MR) is 75.7 cm³/mol. The predicted octanol–water partition coefficient (Wildman–Crippen LogP) is -1.06. The Labute approximate surface area is 128 Å². The molecule has 21 heavy (non-hydrogen) atoms. The molecule has 2 aliphatic heterocycles. The second-order valence-corrected chi connectivity index (χ2v) is 5.18. The quantitative estimate of drug-likeness (QED) is 0.511. The van der Waals surface area contributed by atoms with Crippen LogP contribution in [0.3, 0.4) is 0 Å². The summed E-state index contributed by atoms with van der Waals surface area (Å²) in [6, 6.07) is -0.789. The van der Waals surface area contributed by atoms with E-state index in [1.165, 1.54) is 7.05 Å². The van der Waals surface area contributed by atoms with Crippen molar-refractivity contribution in [1.29, 1.82) is 0 Å². The highest BCUT2D eigenvalue weighted by Gasteiger charge is 2.43. The number of rotatable bonds is 3. The van der Waals surface area contributed by atoms with Crippen molar-refractivity contribution in [1.82, 2.24) is 20.4 Å². The van der Waals surface area contributed by atoms with Gasteiger partial charge in [0.15, 0.2) is 0 Å². The lowest BCUT2D eigenvalue weighted by molar-refractivity contribution is -0.143. The molecule has 0 bridgehead atoms. The van der Waals surface area contributed by atoms with Crippen molar-refractivity contribution in [3.05, 3.63) is 0 Å². The number of likely N-dealkylation sites (N-methyl/N-ethyl adjacent to an activating group) is 1. The molecule has 2 atom stereocenters. The zero-order chi connectivity index (χ0) is 14.9. The smallest absolute Gasteiger partial charge is 0.334 e. The molecule has 8 nitrogen and oxygen atoms in total. The molecule has 2 N–H and O–H groups in total. The first kappa shape index (κ1) is 17.4. The SMILES string of the molecule is CC1CCNCC1NC(=O)CN1C(=O)C(=O)N(C)C1=O.Cl. The van der Waals surface area contributed by atoms with E-state index in [9.17, 15) is 19.2 Å². The zero-order valence-corrected chi connectivity index (χ0v) is 12.7. The van der Waals surface area contributed by atoms with E-state index in [0.29, 0.717) is 22.3 Å². The molecule has 2 aliphatic rings. The number of hydrogen-bond donors (Lipinski definition) is 2. The van der Waals surface area contributed by atoms with Crippen LogP contribution >= 0.6 is 12.4 Å². The molecule has 0 radical (unpaired) electrons. The molecule has 9 heteroatoms. The van der Waals surface area contributed by atoms with E-state index in [1.54, 1.807) is 0 Å². The van der Waals surface area contributed by atoms with Gasteiger partial charge >= 0.3 is 17.8 Å². The summed E-state index contributed by atoms with van der Waals surface area (Å²) in [6.07, 6.45) is 0.952. The average molecular weight is 319 g/mol. The van der Waals surface area contributed by atoms with Crippen LogP contribution in [0.15, 0.2) is 0 Å². The Bertz CT molecular complexity index is 470. The molecule has 0 aliphatic carbocycles. The second kappa shape index (κ2) is 6.86. The molecule has 0 spiro atoms. The largest absolute Gasteiger partial charge is 0.350 e. The fraction of sp³-hybridized carbons (Fsp3) is 0.667. The maximum absolute atomic E-state index is 11.9. The molecule has 5 amide bonds. The molecule has 0 saturated carbocycles. The lowest BCUT2D eigenvalue weighted by Crippen LogP contribution is -2.52. The average Bonchev–Trinajstić information content (AvgIpc) is 2.59. The third kappa shape index (κ3) is 3.51. The van der Waals surface area contributed by atoms with Gasteiger partial charge in [-0.1, -0.05) is 6.92 Å². The van der Waals surface area contributed by atoms with E-state index in [0.717, 1.165) is 13.0 Å². The van der Waals surface area contributed by atoms with Gasteiger partial charge in [0.05, 0.1) is 0 Å². The summed E-state index contributed by atoms with van der Waals surface area (Å²) in [6.45, 7) is 3.19. The van der Waals surface area contributed by atoms with Crippen LogP contribution in [0.25, 0.3) is 0 Å². The Hall–Kier alpha value is -1.67. The number of nitrogens with one attached hydrogen (secondary N) is 2. The van der Waals surface area contributed by atoms with Crippen molar-refractivity contribution in [3.63, 3.8) is 0 Å². The molecule has 2 fully saturated rings. The molecule has 118 valence electrons. The summed E-state index contributed by atoms with van der Waals surface area (Å²) in [5.41, 5.74) is 0. The van der Waals surface area contributed by atoms with Crippen LogP contribution in [0.2, 0.25) is 0 Å². The third-order valence-corrected chi connectivity index (χ3v) is 3.73. The Morgan fingerprint density at radius 3 is 2.52 bits per heavy atom. The van der Waals surface area contributed by atoms with E-state index in [4.69, 9.17) is 0 Å². The Morgan fingerprint density at radius 2 is 2.00 bits per heavy atom. The fourth-order valence-corrected chi connectivity index (χ4v) is 2.33. The number of urea groups is 1. The van der Waals surface area contributed by atoms with Crippen LogP contribution in [0.4, 0.5) is 4.79 Å². The van der Waals surface area contributed by atoms with Crippen molar-refractivity contribution in [3.8, 4) is 0 Å².